The van der Waals surface area contributed by atoms with E-state index in [0.29, 0.717) is 17.1 Å². The first kappa shape index (κ1) is 15.3. The summed E-state index contributed by atoms with van der Waals surface area (Å²) < 4.78 is 15.7. The predicted octanol–water partition coefficient (Wildman–Crippen LogP) is 3.30. The van der Waals surface area contributed by atoms with Crippen molar-refractivity contribution in [1.82, 2.24) is 0 Å². The van der Waals surface area contributed by atoms with Gasteiger partial charge in [0, 0.05) is 17.0 Å². The van der Waals surface area contributed by atoms with Crippen LogP contribution in [0.2, 0.25) is 0 Å². The molecule has 1 aromatic heterocycles. The standard InChI is InChI=1S/C17H14O5S/c1-10(17(19)20-2)21-11-5-6-13-14(8-11)22-15(16(13)18)9-12-4-3-7-23-12/h3-10H,1-2H3/b15-9-. The summed E-state index contributed by atoms with van der Waals surface area (Å²) >= 11 is 1.52. The monoisotopic (exact) mass is 330 g/mol. The molecule has 0 bridgehead atoms. The molecule has 2 heterocycles. The number of methoxy groups -OCH3 is 1. The third kappa shape index (κ3) is 3.12. The molecule has 0 saturated heterocycles. The van der Waals surface area contributed by atoms with Gasteiger partial charge in [-0.15, -0.1) is 11.3 Å². The lowest BCUT2D eigenvalue weighted by Gasteiger charge is -2.12. The lowest BCUT2D eigenvalue weighted by Crippen LogP contribution is -2.24. The Kier molecular flexibility index (Phi) is 4.16. The predicted molar refractivity (Wildman–Crippen MR) is 85.8 cm³/mol. The van der Waals surface area contributed by atoms with E-state index in [0.717, 1.165) is 4.88 Å². The maximum Gasteiger partial charge on any atom is 0.346 e. The molecule has 1 aliphatic heterocycles. The highest BCUT2D eigenvalue weighted by atomic mass is 32.1. The van der Waals surface area contributed by atoms with Crippen molar-refractivity contribution in [1.29, 1.82) is 0 Å². The second-order valence-corrected chi connectivity index (χ2v) is 5.88. The van der Waals surface area contributed by atoms with Gasteiger partial charge in [-0.3, -0.25) is 4.79 Å². The molecule has 0 radical (unpaired) electrons. The van der Waals surface area contributed by atoms with E-state index < -0.39 is 12.1 Å². The number of ketones is 1. The first-order valence-electron chi connectivity index (χ1n) is 6.95. The quantitative estimate of drug-likeness (QED) is 0.636. The van der Waals surface area contributed by atoms with Gasteiger partial charge in [-0.25, -0.2) is 4.79 Å². The number of allylic oxidation sites excluding steroid dienone is 1. The first-order chi connectivity index (χ1) is 11.1. The number of carbonyl (C=O) groups excluding carboxylic acids is 2. The summed E-state index contributed by atoms with van der Waals surface area (Å²) in [5.74, 6) is 0.501. The average Bonchev–Trinajstić information content (AvgIpc) is 3.15. The molecule has 3 rings (SSSR count). The Labute approximate surface area is 137 Å². The van der Waals surface area contributed by atoms with E-state index in [-0.39, 0.29) is 11.5 Å². The molecule has 5 nitrogen and oxygen atoms in total. The SMILES string of the molecule is COC(=O)C(C)Oc1ccc2c(c1)O/C(=C\c1cccs1)C2=O. The second kappa shape index (κ2) is 6.26. The Morgan fingerprint density at radius 2 is 2.17 bits per heavy atom. The summed E-state index contributed by atoms with van der Waals surface area (Å²) in [6.45, 7) is 1.59. The van der Waals surface area contributed by atoms with Gasteiger partial charge in [0.15, 0.2) is 11.9 Å². The summed E-state index contributed by atoms with van der Waals surface area (Å²) in [5, 5.41) is 1.93. The highest BCUT2D eigenvalue weighted by Gasteiger charge is 2.28. The number of Topliss-reactive ketones (excluding diaryl/α,β-unsaturated/α-hetero) is 1. The van der Waals surface area contributed by atoms with Gasteiger partial charge in [-0.2, -0.15) is 0 Å². The minimum atomic E-state index is -0.740. The molecule has 1 aromatic carbocycles. The number of thiophene rings is 1. The summed E-state index contributed by atoms with van der Waals surface area (Å²) in [7, 11) is 1.30. The number of esters is 1. The zero-order valence-corrected chi connectivity index (χ0v) is 13.4. The molecule has 118 valence electrons. The summed E-state index contributed by atoms with van der Waals surface area (Å²) in [5.41, 5.74) is 0.478. The number of carbonyl (C=O) groups is 2. The number of hydrogen-bond acceptors (Lipinski definition) is 6. The van der Waals surface area contributed by atoms with Crippen LogP contribution in [-0.4, -0.2) is 25.0 Å². The molecule has 2 aromatic rings. The van der Waals surface area contributed by atoms with Crippen LogP contribution in [0.3, 0.4) is 0 Å². The lowest BCUT2D eigenvalue weighted by molar-refractivity contribution is -0.147. The van der Waals surface area contributed by atoms with Gasteiger partial charge in [0.25, 0.3) is 0 Å². The summed E-state index contributed by atoms with van der Waals surface area (Å²) in [6, 6.07) is 8.68. The zero-order chi connectivity index (χ0) is 16.4. The number of benzene rings is 1. The van der Waals surface area contributed by atoms with Gasteiger partial charge in [0.1, 0.15) is 11.5 Å². The molecule has 0 aliphatic carbocycles. The molecule has 1 unspecified atom stereocenters. The highest BCUT2D eigenvalue weighted by Crippen LogP contribution is 2.35. The summed E-state index contributed by atoms with van der Waals surface area (Å²) in [6.07, 6.45) is 0.973. The number of hydrogen-bond donors (Lipinski definition) is 0. The molecule has 0 fully saturated rings. The third-order valence-electron chi connectivity index (χ3n) is 3.30. The van der Waals surface area contributed by atoms with E-state index in [2.05, 4.69) is 4.74 Å². The Morgan fingerprint density at radius 1 is 1.35 bits per heavy atom. The van der Waals surface area contributed by atoms with E-state index in [1.807, 2.05) is 17.5 Å². The molecular weight excluding hydrogens is 316 g/mol. The van der Waals surface area contributed by atoms with E-state index in [1.165, 1.54) is 18.4 Å². The summed E-state index contributed by atoms with van der Waals surface area (Å²) in [4.78, 5) is 24.6. The van der Waals surface area contributed by atoms with Crippen LogP contribution < -0.4 is 9.47 Å². The molecule has 0 spiro atoms. The van der Waals surface area contributed by atoms with Crippen LogP contribution in [0.5, 0.6) is 11.5 Å². The van der Waals surface area contributed by atoms with E-state index in [1.54, 1.807) is 31.2 Å². The van der Waals surface area contributed by atoms with E-state index in [9.17, 15) is 9.59 Å². The average molecular weight is 330 g/mol. The van der Waals surface area contributed by atoms with Crippen molar-refractivity contribution < 1.29 is 23.8 Å². The van der Waals surface area contributed by atoms with Crippen molar-refractivity contribution in [2.75, 3.05) is 7.11 Å². The Balaban J connectivity index is 1.81. The maximum atomic E-state index is 12.3. The number of rotatable bonds is 4. The third-order valence-corrected chi connectivity index (χ3v) is 4.12. The van der Waals surface area contributed by atoms with Crippen LogP contribution >= 0.6 is 11.3 Å². The number of ether oxygens (including phenoxy) is 3. The van der Waals surface area contributed by atoms with Crippen LogP contribution in [0, 0.1) is 0 Å². The van der Waals surface area contributed by atoms with Crippen molar-refractivity contribution >= 4 is 29.2 Å². The smallest absolute Gasteiger partial charge is 0.346 e. The normalized spacial score (nSPS) is 15.9. The van der Waals surface area contributed by atoms with Crippen LogP contribution in [0.1, 0.15) is 22.2 Å². The molecular formula is C17H14O5S. The molecule has 23 heavy (non-hydrogen) atoms. The highest BCUT2D eigenvalue weighted by molar-refractivity contribution is 7.10. The fourth-order valence-electron chi connectivity index (χ4n) is 2.16. The van der Waals surface area contributed by atoms with Crippen molar-refractivity contribution in [3.8, 4) is 11.5 Å². The van der Waals surface area contributed by atoms with Gasteiger partial charge in [-0.1, -0.05) is 6.07 Å². The van der Waals surface area contributed by atoms with E-state index in [4.69, 9.17) is 9.47 Å². The minimum Gasteiger partial charge on any atom is -0.479 e. The Bertz CT molecular complexity index is 776. The lowest BCUT2D eigenvalue weighted by atomic mass is 10.1. The molecule has 6 heteroatoms. The van der Waals surface area contributed by atoms with Crippen LogP contribution in [0.4, 0.5) is 0 Å². The topological polar surface area (TPSA) is 61.8 Å². The Morgan fingerprint density at radius 3 is 2.87 bits per heavy atom. The van der Waals surface area contributed by atoms with Crippen molar-refractivity contribution in [2.45, 2.75) is 13.0 Å². The van der Waals surface area contributed by atoms with Crippen molar-refractivity contribution in [3.05, 3.63) is 51.9 Å². The second-order valence-electron chi connectivity index (χ2n) is 4.90. The zero-order valence-electron chi connectivity index (χ0n) is 12.6. The van der Waals surface area contributed by atoms with Crippen molar-refractivity contribution in [2.24, 2.45) is 0 Å². The van der Waals surface area contributed by atoms with Gasteiger partial charge < -0.3 is 14.2 Å². The molecule has 0 amide bonds. The van der Waals surface area contributed by atoms with Gasteiger partial charge in [0.05, 0.1) is 12.7 Å². The number of fused-ring (bicyclic) bond motifs is 1. The van der Waals surface area contributed by atoms with Crippen LogP contribution in [0.25, 0.3) is 6.08 Å². The fraction of sp³-hybridized carbons (Fsp3) is 0.176. The largest absolute Gasteiger partial charge is 0.479 e. The van der Waals surface area contributed by atoms with Crippen LogP contribution in [-0.2, 0) is 9.53 Å². The fourth-order valence-corrected chi connectivity index (χ4v) is 2.81. The first-order valence-corrected chi connectivity index (χ1v) is 7.82. The maximum absolute atomic E-state index is 12.3. The molecule has 1 atom stereocenters. The minimum absolute atomic E-state index is 0.166. The van der Waals surface area contributed by atoms with Gasteiger partial charge in [0.2, 0.25) is 5.78 Å². The molecule has 0 N–H and O–H groups in total. The molecule has 1 aliphatic rings. The van der Waals surface area contributed by atoms with Gasteiger partial charge in [-0.05, 0) is 30.5 Å². The van der Waals surface area contributed by atoms with E-state index >= 15 is 0 Å². The van der Waals surface area contributed by atoms with Crippen LogP contribution in [0.15, 0.2) is 41.5 Å². The molecule has 0 saturated carbocycles. The Hall–Kier alpha value is -2.60. The van der Waals surface area contributed by atoms with Gasteiger partial charge >= 0.3 is 5.97 Å². The van der Waals surface area contributed by atoms with Crippen molar-refractivity contribution in [3.63, 3.8) is 0 Å².